The maximum atomic E-state index is 12.0. The van der Waals surface area contributed by atoms with E-state index in [0.29, 0.717) is 13.0 Å². The highest BCUT2D eigenvalue weighted by molar-refractivity contribution is 6.32. The Labute approximate surface area is 113 Å². The summed E-state index contributed by atoms with van der Waals surface area (Å²) in [5, 5.41) is 0.274. The molecular formula is C14H26O3Si. The van der Waals surface area contributed by atoms with E-state index in [0.717, 1.165) is 12.2 Å². The molecule has 18 heavy (non-hydrogen) atoms. The van der Waals surface area contributed by atoms with Gasteiger partial charge in [0.15, 0.2) is 0 Å². The third kappa shape index (κ3) is 3.87. The van der Waals surface area contributed by atoms with Gasteiger partial charge < -0.3 is 9.16 Å². The molecule has 104 valence electrons. The molecule has 0 spiro atoms. The van der Waals surface area contributed by atoms with Crippen LogP contribution in [0.25, 0.3) is 0 Å². The van der Waals surface area contributed by atoms with Gasteiger partial charge in [-0.05, 0) is 37.8 Å². The molecule has 0 aromatic heterocycles. The highest BCUT2D eigenvalue weighted by Crippen LogP contribution is 2.43. The van der Waals surface area contributed by atoms with Crippen LogP contribution in [0.15, 0.2) is 11.3 Å². The summed E-state index contributed by atoms with van der Waals surface area (Å²) in [6.07, 6.45) is 1.46. The minimum Gasteiger partial charge on any atom is -0.552 e. The molecule has 1 atom stereocenters. The zero-order chi connectivity index (χ0) is 14.0. The minimum atomic E-state index is -0.606. The first-order valence-electron chi connectivity index (χ1n) is 6.66. The second-order valence-electron chi connectivity index (χ2n) is 6.69. The number of esters is 1. The van der Waals surface area contributed by atoms with Crippen LogP contribution >= 0.6 is 0 Å². The SMILES string of the molecule is CCOC(=O)[C@@]1(C)CC(C)=C(O[SiH2]C(C)(C)C)C1. The zero-order valence-electron chi connectivity index (χ0n) is 12.6. The molecule has 0 N–H and O–H groups in total. The first-order chi connectivity index (χ1) is 8.18. The van der Waals surface area contributed by atoms with Crippen molar-refractivity contribution >= 4 is 15.7 Å². The van der Waals surface area contributed by atoms with Crippen LogP contribution in [0, 0.1) is 5.41 Å². The number of hydrogen-bond acceptors (Lipinski definition) is 3. The molecule has 0 fully saturated rings. The summed E-state index contributed by atoms with van der Waals surface area (Å²) in [4.78, 5) is 12.0. The lowest BCUT2D eigenvalue weighted by Crippen LogP contribution is -2.28. The number of ether oxygens (including phenoxy) is 1. The van der Waals surface area contributed by atoms with Crippen LogP contribution in [0.5, 0.6) is 0 Å². The summed E-state index contributed by atoms with van der Waals surface area (Å²) < 4.78 is 11.2. The van der Waals surface area contributed by atoms with E-state index >= 15 is 0 Å². The van der Waals surface area contributed by atoms with Crippen molar-refractivity contribution in [2.75, 3.05) is 6.61 Å². The lowest BCUT2D eigenvalue weighted by molar-refractivity contribution is -0.154. The maximum Gasteiger partial charge on any atom is 0.312 e. The van der Waals surface area contributed by atoms with E-state index in [1.165, 1.54) is 5.57 Å². The van der Waals surface area contributed by atoms with Gasteiger partial charge in [0.05, 0.1) is 17.8 Å². The Bertz CT molecular complexity index is 355. The smallest absolute Gasteiger partial charge is 0.312 e. The Morgan fingerprint density at radius 1 is 1.39 bits per heavy atom. The highest BCUT2D eigenvalue weighted by atomic mass is 28.2. The summed E-state index contributed by atoms with van der Waals surface area (Å²) in [5.74, 6) is 0.938. The fourth-order valence-corrected chi connectivity index (χ4v) is 3.13. The maximum absolute atomic E-state index is 12.0. The summed E-state index contributed by atoms with van der Waals surface area (Å²) in [5.41, 5.74) is 0.795. The van der Waals surface area contributed by atoms with Crippen molar-refractivity contribution in [3.8, 4) is 0 Å². The van der Waals surface area contributed by atoms with Gasteiger partial charge in [0, 0.05) is 6.42 Å². The van der Waals surface area contributed by atoms with Gasteiger partial charge in [-0.1, -0.05) is 20.8 Å². The number of hydrogen-bond donors (Lipinski definition) is 0. The number of carbonyl (C=O) groups excluding carboxylic acids is 1. The summed E-state index contributed by atoms with van der Waals surface area (Å²) in [6, 6.07) is 0. The fourth-order valence-electron chi connectivity index (χ4n) is 2.18. The molecule has 1 rings (SSSR count). The molecule has 0 radical (unpaired) electrons. The number of allylic oxidation sites excluding steroid dienone is 2. The first-order valence-corrected chi connectivity index (χ1v) is 7.95. The molecule has 1 aliphatic carbocycles. The van der Waals surface area contributed by atoms with Gasteiger partial charge in [-0.2, -0.15) is 0 Å². The lowest BCUT2D eigenvalue weighted by Gasteiger charge is -2.23. The van der Waals surface area contributed by atoms with Crippen molar-refractivity contribution in [3.05, 3.63) is 11.3 Å². The van der Waals surface area contributed by atoms with Crippen LogP contribution < -0.4 is 0 Å². The highest BCUT2D eigenvalue weighted by Gasteiger charge is 2.42. The van der Waals surface area contributed by atoms with Crippen molar-refractivity contribution < 1.29 is 14.0 Å². The topological polar surface area (TPSA) is 35.5 Å². The van der Waals surface area contributed by atoms with Gasteiger partial charge in [-0.15, -0.1) is 0 Å². The molecular weight excluding hydrogens is 244 g/mol. The van der Waals surface area contributed by atoms with E-state index in [1.54, 1.807) is 0 Å². The average molecular weight is 270 g/mol. The molecule has 0 unspecified atom stereocenters. The summed E-state index contributed by atoms with van der Waals surface area (Å²) in [7, 11) is -0.606. The fraction of sp³-hybridized carbons (Fsp3) is 0.786. The average Bonchev–Trinajstić information content (AvgIpc) is 2.52. The second-order valence-corrected chi connectivity index (χ2v) is 9.39. The van der Waals surface area contributed by atoms with Gasteiger partial charge in [-0.25, -0.2) is 0 Å². The van der Waals surface area contributed by atoms with Crippen molar-refractivity contribution in [2.24, 2.45) is 5.41 Å². The van der Waals surface area contributed by atoms with Crippen LogP contribution in [-0.2, 0) is 14.0 Å². The van der Waals surface area contributed by atoms with Gasteiger partial charge in [0.2, 0.25) is 9.76 Å². The van der Waals surface area contributed by atoms with Crippen LogP contribution in [0.1, 0.15) is 54.4 Å². The Balaban J connectivity index is 2.63. The van der Waals surface area contributed by atoms with E-state index < -0.39 is 15.2 Å². The third-order valence-electron chi connectivity index (χ3n) is 3.13. The van der Waals surface area contributed by atoms with Crippen LogP contribution in [0.4, 0.5) is 0 Å². The standard InChI is InChI=1S/C14H26O3Si/c1-7-16-12(15)14(6)8-10(2)11(9-14)17-18-13(3,4)5/h7-9,18H2,1-6H3/t14-/m0/s1. The molecule has 0 bridgehead atoms. The van der Waals surface area contributed by atoms with Gasteiger partial charge in [0.25, 0.3) is 0 Å². The van der Waals surface area contributed by atoms with Crippen LogP contribution in [-0.4, -0.2) is 22.3 Å². The molecule has 0 aliphatic heterocycles. The molecule has 3 nitrogen and oxygen atoms in total. The zero-order valence-corrected chi connectivity index (χ0v) is 14.0. The largest absolute Gasteiger partial charge is 0.552 e. The Kier molecular flexibility index (Phi) is 4.64. The van der Waals surface area contributed by atoms with E-state index in [2.05, 4.69) is 27.7 Å². The molecule has 0 saturated heterocycles. The molecule has 1 aliphatic rings. The second kappa shape index (κ2) is 5.47. The van der Waals surface area contributed by atoms with E-state index in [-0.39, 0.29) is 11.0 Å². The van der Waals surface area contributed by atoms with Gasteiger partial charge in [-0.3, -0.25) is 4.79 Å². The molecule has 0 heterocycles. The molecule has 0 saturated carbocycles. The molecule has 0 aromatic rings. The Hall–Kier alpha value is -0.773. The van der Waals surface area contributed by atoms with E-state index in [4.69, 9.17) is 9.16 Å². The lowest BCUT2D eigenvalue weighted by atomic mass is 9.87. The summed E-state index contributed by atoms with van der Waals surface area (Å²) >= 11 is 0. The van der Waals surface area contributed by atoms with E-state index in [1.807, 2.05) is 13.8 Å². The van der Waals surface area contributed by atoms with Crippen molar-refractivity contribution in [1.82, 2.24) is 0 Å². The quantitative estimate of drug-likeness (QED) is 0.582. The molecule has 0 aromatic carbocycles. The van der Waals surface area contributed by atoms with Gasteiger partial charge >= 0.3 is 5.97 Å². The third-order valence-corrected chi connectivity index (χ3v) is 4.49. The van der Waals surface area contributed by atoms with Crippen molar-refractivity contribution in [3.63, 3.8) is 0 Å². The van der Waals surface area contributed by atoms with E-state index in [9.17, 15) is 4.79 Å². The normalized spacial score (nSPS) is 25.0. The van der Waals surface area contributed by atoms with Gasteiger partial charge in [0.1, 0.15) is 0 Å². The molecule has 0 amide bonds. The van der Waals surface area contributed by atoms with Crippen molar-refractivity contribution in [2.45, 2.75) is 59.4 Å². The van der Waals surface area contributed by atoms with Crippen LogP contribution in [0.2, 0.25) is 5.04 Å². The number of rotatable bonds is 4. The monoisotopic (exact) mass is 270 g/mol. The minimum absolute atomic E-state index is 0.0969. The molecule has 4 heteroatoms. The first kappa shape index (κ1) is 15.3. The summed E-state index contributed by atoms with van der Waals surface area (Å²) in [6.45, 7) is 12.9. The predicted octanol–water partition coefficient (Wildman–Crippen LogP) is 2.94. The number of carbonyl (C=O) groups is 1. The predicted molar refractivity (Wildman–Crippen MR) is 76.0 cm³/mol. The Morgan fingerprint density at radius 2 is 2.00 bits per heavy atom. The Morgan fingerprint density at radius 3 is 2.50 bits per heavy atom. The van der Waals surface area contributed by atoms with Crippen molar-refractivity contribution in [1.29, 1.82) is 0 Å². The van der Waals surface area contributed by atoms with Crippen LogP contribution in [0.3, 0.4) is 0 Å².